The van der Waals surface area contributed by atoms with Crippen molar-refractivity contribution < 1.29 is 9.90 Å². The maximum Gasteiger partial charge on any atom is 0.251 e. The number of phenols is 1. The summed E-state index contributed by atoms with van der Waals surface area (Å²) < 4.78 is 0. The van der Waals surface area contributed by atoms with E-state index in [2.05, 4.69) is 15.3 Å². The van der Waals surface area contributed by atoms with Crippen molar-refractivity contribution in [2.45, 2.75) is 43.5 Å². The van der Waals surface area contributed by atoms with Gasteiger partial charge in [-0.3, -0.25) is 9.59 Å². The lowest BCUT2D eigenvalue weighted by Gasteiger charge is -2.15. The number of nitrogens with zero attached hydrogens (tertiary/aromatic N) is 1. The van der Waals surface area contributed by atoms with Crippen LogP contribution in [0.1, 0.15) is 38.8 Å². The lowest BCUT2D eigenvalue weighted by atomic mass is 10.1. The third kappa shape index (κ3) is 4.86. The zero-order valence-electron chi connectivity index (χ0n) is 13.9. The van der Waals surface area contributed by atoms with Crippen LogP contribution in [0.5, 0.6) is 5.75 Å². The fraction of sp³-hybridized carbons (Fsp3) is 0.353. The number of amides is 1. The molecule has 0 aliphatic heterocycles. The molecule has 7 heteroatoms. The number of benzene rings is 1. The molecule has 0 radical (unpaired) electrons. The van der Waals surface area contributed by atoms with Crippen LogP contribution < -0.4 is 10.9 Å². The van der Waals surface area contributed by atoms with Gasteiger partial charge in [-0.1, -0.05) is 32.5 Å². The third-order valence-corrected chi connectivity index (χ3v) is 4.63. The molecule has 0 aliphatic rings. The molecule has 2 aromatic rings. The number of aromatic hydroxyl groups is 1. The number of carbonyl (C=O) groups is 1. The van der Waals surface area contributed by atoms with Crippen molar-refractivity contribution in [3.05, 3.63) is 46.4 Å². The van der Waals surface area contributed by atoms with Gasteiger partial charge in [0, 0.05) is 11.8 Å². The highest BCUT2D eigenvalue weighted by Crippen LogP contribution is 2.24. The Morgan fingerprint density at radius 3 is 2.58 bits per heavy atom. The second-order valence-electron chi connectivity index (χ2n) is 5.68. The average molecular weight is 347 g/mol. The van der Waals surface area contributed by atoms with Crippen LogP contribution in [0.3, 0.4) is 0 Å². The molecule has 1 amide bonds. The summed E-state index contributed by atoms with van der Waals surface area (Å²) in [5, 5.41) is 12.1. The molecule has 2 rings (SSSR count). The maximum atomic E-state index is 12.4. The Balaban J connectivity index is 2.12. The maximum absolute atomic E-state index is 12.4. The number of carbonyl (C=O) groups excluding carboxylic acids is 1. The summed E-state index contributed by atoms with van der Waals surface area (Å²) in [7, 11) is 0. The molecule has 0 spiro atoms. The van der Waals surface area contributed by atoms with Crippen LogP contribution in [-0.2, 0) is 4.79 Å². The first kappa shape index (κ1) is 18.1. The van der Waals surface area contributed by atoms with Gasteiger partial charge in [0.05, 0.1) is 10.9 Å². The van der Waals surface area contributed by atoms with Gasteiger partial charge in [-0.2, -0.15) is 0 Å². The van der Waals surface area contributed by atoms with Gasteiger partial charge in [-0.05, 0) is 36.6 Å². The number of phenolic OH excluding ortho intramolecular Hbond substituents is 1. The number of aromatic amines is 1. The Kier molecular flexibility index (Phi) is 6.03. The number of nitrogens with one attached hydrogen (secondary N) is 2. The van der Waals surface area contributed by atoms with Crippen molar-refractivity contribution >= 4 is 23.4 Å². The minimum atomic E-state index is -0.385. The molecule has 128 valence electrons. The van der Waals surface area contributed by atoms with E-state index >= 15 is 0 Å². The van der Waals surface area contributed by atoms with Crippen LogP contribution in [0.15, 0.2) is 40.3 Å². The van der Waals surface area contributed by atoms with Gasteiger partial charge < -0.3 is 15.4 Å². The van der Waals surface area contributed by atoms with Crippen molar-refractivity contribution in [2.75, 3.05) is 5.32 Å². The molecule has 1 unspecified atom stereocenters. The second kappa shape index (κ2) is 8.01. The lowest BCUT2D eigenvalue weighted by molar-refractivity contribution is -0.115. The zero-order chi connectivity index (χ0) is 17.7. The highest BCUT2D eigenvalue weighted by molar-refractivity contribution is 8.00. The largest absolute Gasteiger partial charge is 0.508 e. The third-order valence-electron chi connectivity index (χ3n) is 3.38. The zero-order valence-corrected chi connectivity index (χ0v) is 14.7. The van der Waals surface area contributed by atoms with Gasteiger partial charge in [0.25, 0.3) is 5.56 Å². The molecule has 1 heterocycles. The van der Waals surface area contributed by atoms with E-state index in [0.717, 1.165) is 0 Å². The molecule has 0 bridgehead atoms. The number of rotatable bonds is 6. The minimum absolute atomic E-state index is 0.137. The predicted molar refractivity (Wildman–Crippen MR) is 95.6 cm³/mol. The average Bonchev–Trinajstić information content (AvgIpc) is 2.54. The van der Waals surface area contributed by atoms with Crippen molar-refractivity contribution in [3.63, 3.8) is 0 Å². The number of hydrogen-bond acceptors (Lipinski definition) is 5. The number of thioether (sulfide) groups is 1. The van der Waals surface area contributed by atoms with Crippen molar-refractivity contribution in [1.82, 2.24) is 9.97 Å². The normalized spacial score (nSPS) is 12.2. The highest BCUT2D eigenvalue weighted by atomic mass is 32.2. The van der Waals surface area contributed by atoms with Crippen LogP contribution in [0.2, 0.25) is 0 Å². The minimum Gasteiger partial charge on any atom is -0.508 e. The Morgan fingerprint density at radius 1 is 1.33 bits per heavy atom. The SMILES string of the molecule is CCC(Sc1nc(C(C)C)cc(=O)[nH]1)C(=O)Nc1ccc(O)cc1. The van der Waals surface area contributed by atoms with Gasteiger partial charge in [0.15, 0.2) is 5.16 Å². The number of hydrogen-bond donors (Lipinski definition) is 3. The van der Waals surface area contributed by atoms with Crippen molar-refractivity contribution in [1.29, 1.82) is 0 Å². The van der Waals surface area contributed by atoms with E-state index in [1.165, 1.54) is 30.0 Å². The number of anilines is 1. The fourth-order valence-electron chi connectivity index (χ4n) is 2.03. The van der Waals surface area contributed by atoms with E-state index < -0.39 is 0 Å². The second-order valence-corrected chi connectivity index (χ2v) is 6.87. The molecule has 0 fully saturated rings. The van der Waals surface area contributed by atoms with Gasteiger partial charge in [0.2, 0.25) is 5.91 Å². The van der Waals surface area contributed by atoms with Crippen LogP contribution in [-0.4, -0.2) is 26.2 Å². The molecule has 0 aliphatic carbocycles. The van der Waals surface area contributed by atoms with Crippen molar-refractivity contribution in [3.8, 4) is 5.75 Å². The van der Waals surface area contributed by atoms with Gasteiger partial charge in [0.1, 0.15) is 5.75 Å². The van der Waals surface area contributed by atoms with E-state index in [-0.39, 0.29) is 28.4 Å². The van der Waals surface area contributed by atoms with E-state index in [0.29, 0.717) is 23.0 Å². The Hall–Kier alpha value is -2.28. The van der Waals surface area contributed by atoms with Crippen LogP contribution in [0.4, 0.5) is 5.69 Å². The van der Waals surface area contributed by atoms with E-state index in [1.54, 1.807) is 12.1 Å². The topological polar surface area (TPSA) is 95.1 Å². The molecule has 0 saturated heterocycles. The van der Waals surface area contributed by atoms with Gasteiger partial charge >= 0.3 is 0 Å². The summed E-state index contributed by atoms with van der Waals surface area (Å²) in [6.45, 7) is 5.83. The molecular weight excluding hydrogens is 326 g/mol. The summed E-state index contributed by atoms with van der Waals surface area (Å²) in [6, 6.07) is 7.75. The smallest absolute Gasteiger partial charge is 0.251 e. The first-order valence-corrected chi connectivity index (χ1v) is 8.64. The molecule has 24 heavy (non-hydrogen) atoms. The van der Waals surface area contributed by atoms with Crippen LogP contribution in [0, 0.1) is 0 Å². The monoisotopic (exact) mass is 347 g/mol. The molecule has 1 aromatic heterocycles. The first-order chi connectivity index (χ1) is 11.4. The summed E-state index contributed by atoms with van der Waals surface area (Å²) in [4.78, 5) is 31.3. The van der Waals surface area contributed by atoms with E-state index in [1.807, 2.05) is 20.8 Å². The summed E-state index contributed by atoms with van der Waals surface area (Å²) in [5.74, 6) is 0.102. The van der Waals surface area contributed by atoms with E-state index in [4.69, 9.17) is 0 Å². The predicted octanol–water partition coefficient (Wildman–Crippen LogP) is 3.11. The van der Waals surface area contributed by atoms with Crippen LogP contribution >= 0.6 is 11.8 Å². The molecule has 1 atom stereocenters. The summed E-state index contributed by atoms with van der Waals surface area (Å²) in [5.41, 5.74) is 1.09. The molecular formula is C17H21N3O3S. The molecule has 6 nitrogen and oxygen atoms in total. The Labute approximate surface area is 144 Å². The first-order valence-electron chi connectivity index (χ1n) is 7.77. The molecule has 3 N–H and O–H groups in total. The Bertz CT molecular complexity index is 756. The van der Waals surface area contributed by atoms with Crippen molar-refractivity contribution in [2.24, 2.45) is 0 Å². The fourth-order valence-corrected chi connectivity index (χ4v) is 2.95. The molecule has 1 aromatic carbocycles. The van der Waals surface area contributed by atoms with E-state index in [9.17, 15) is 14.7 Å². The van der Waals surface area contributed by atoms with Gasteiger partial charge in [-0.25, -0.2) is 4.98 Å². The summed E-state index contributed by atoms with van der Waals surface area (Å²) in [6.07, 6.45) is 0.588. The van der Waals surface area contributed by atoms with Gasteiger partial charge in [-0.15, -0.1) is 0 Å². The quantitative estimate of drug-likeness (QED) is 0.424. The number of H-pyrrole nitrogens is 1. The summed E-state index contributed by atoms with van der Waals surface area (Å²) >= 11 is 1.24. The lowest BCUT2D eigenvalue weighted by Crippen LogP contribution is -2.25. The van der Waals surface area contributed by atoms with Crippen LogP contribution in [0.25, 0.3) is 0 Å². The standard InChI is InChI=1S/C17H21N3O3S/c1-4-14(16(23)18-11-5-7-12(21)8-6-11)24-17-19-13(10(2)3)9-15(22)20-17/h5-10,14,21H,4H2,1-3H3,(H,18,23)(H,19,20,22). The number of aromatic nitrogens is 2. The highest BCUT2D eigenvalue weighted by Gasteiger charge is 2.20. The Morgan fingerprint density at radius 2 is 2.00 bits per heavy atom. The molecule has 0 saturated carbocycles.